The molecule has 16 heavy (non-hydrogen) atoms. The maximum Gasteiger partial charge on any atom is 0.243 e. The lowest BCUT2D eigenvalue weighted by Gasteiger charge is -2.10. The first kappa shape index (κ1) is 12.5. The van der Waals surface area contributed by atoms with E-state index in [1.54, 1.807) is 12.4 Å². The molecule has 88 valence electrons. The van der Waals surface area contributed by atoms with Gasteiger partial charge in [0.25, 0.3) is 0 Å². The van der Waals surface area contributed by atoms with Crippen LogP contribution in [0.1, 0.15) is 12.7 Å². The third-order valence-electron chi connectivity index (χ3n) is 1.97. The van der Waals surface area contributed by atoms with Crippen molar-refractivity contribution in [1.29, 1.82) is 0 Å². The highest BCUT2D eigenvalue weighted by molar-refractivity contribution is 5.94. The molecule has 1 rings (SSSR count). The summed E-state index contributed by atoms with van der Waals surface area (Å²) >= 11 is 0. The molecule has 0 aliphatic carbocycles. The molecule has 1 aromatic heterocycles. The van der Waals surface area contributed by atoms with Gasteiger partial charge in [0.2, 0.25) is 5.91 Å². The predicted octanol–water partition coefficient (Wildman–Crippen LogP) is -0.0488. The minimum absolute atomic E-state index is 0.180. The number of hydrogen-bond acceptors (Lipinski definition) is 5. The molecule has 0 fully saturated rings. The topological polar surface area (TPSA) is 90.1 Å². The Morgan fingerprint density at radius 1 is 1.56 bits per heavy atom. The zero-order valence-electron chi connectivity index (χ0n) is 9.43. The third-order valence-corrected chi connectivity index (χ3v) is 1.97. The number of anilines is 1. The second kappa shape index (κ2) is 6.14. The molecule has 0 saturated heterocycles. The fraction of sp³-hybridized carbons (Fsp3) is 0.500. The van der Waals surface area contributed by atoms with Crippen molar-refractivity contribution in [3.05, 3.63) is 18.2 Å². The maximum atomic E-state index is 11.5. The van der Waals surface area contributed by atoms with E-state index in [1.165, 1.54) is 7.11 Å². The molecule has 0 aromatic carbocycles. The molecule has 1 amide bonds. The molecule has 1 unspecified atom stereocenters. The maximum absolute atomic E-state index is 11.5. The van der Waals surface area contributed by atoms with Crippen LogP contribution in [0, 0.1) is 0 Å². The van der Waals surface area contributed by atoms with Gasteiger partial charge in [-0.3, -0.25) is 4.79 Å². The van der Waals surface area contributed by atoms with Crippen LogP contribution < -0.4 is 11.1 Å². The van der Waals surface area contributed by atoms with Crippen LogP contribution in [0.15, 0.2) is 12.4 Å². The number of aryl methyl sites for hydroxylation is 1. The molecule has 1 aromatic rings. The van der Waals surface area contributed by atoms with Gasteiger partial charge in [0.1, 0.15) is 11.9 Å². The van der Waals surface area contributed by atoms with Gasteiger partial charge in [-0.15, -0.1) is 0 Å². The minimum atomic E-state index is -0.684. The molecular formula is C10H16N4O2. The van der Waals surface area contributed by atoms with Gasteiger partial charge in [0.15, 0.2) is 0 Å². The molecule has 0 spiro atoms. The fourth-order valence-corrected chi connectivity index (χ4v) is 1.09. The van der Waals surface area contributed by atoms with Crippen molar-refractivity contribution in [2.24, 2.45) is 5.73 Å². The van der Waals surface area contributed by atoms with Crippen LogP contribution in [0.5, 0.6) is 0 Å². The van der Waals surface area contributed by atoms with E-state index in [-0.39, 0.29) is 12.5 Å². The molecule has 6 nitrogen and oxygen atoms in total. The Balaban J connectivity index is 2.55. The smallest absolute Gasteiger partial charge is 0.243 e. The summed E-state index contributed by atoms with van der Waals surface area (Å²) in [6, 6.07) is -0.684. The quantitative estimate of drug-likeness (QED) is 0.732. The number of nitrogens with two attached hydrogens (primary N) is 1. The van der Waals surface area contributed by atoms with E-state index in [9.17, 15) is 4.79 Å². The van der Waals surface area contributed by atoms with E-state index in [1.807, 2.05) is 6.92 Å². The number of ether oxygens (including phenoxy) is 1. The van der Waals surface area contributed by atoms with Crippen LogP contribution in [-0.2, 0) is 16.0 Å². The molecule has 6 heteroatoms. The Morgan fingerprint density at radius 2 is 2.19 bits per heavy atom. The zero-order valence-corrected chi connectivity index (χ0v) is 9.43. The van der Waals surface area contributed by atoms with E-state index < -0.39 is 6.04 Å². The van der Waals surface area contributed by atoms with Crippen LogP contribution in [0.25, 0.3) is 0 Å². The molecule has 0 saturated carbocycles. The monoisotopic (exact) mass is 224 g/mol. The van der Waals surface area contributed by atoms with Gasteiger partial charge >= 0.3 is 0 Å². The number of carbonyl (C=O) groups excluding carboxylic acids is 1. The van der Waals surface area contributed by atoms with Crippen LogP contribution in [0.3, 0.4) is 0 Å². The predicted molar refractivity (Wildman–Crippen MR) is 59.9 cm³/mol. The van der Waals surface area contributed by atoms with Crippen LogP contribution >= 0.6 is 0 Å². The van der Waals surface area contributed by atoms with Crippen LogP contribution in [0.4, 0.5) is 5.69 Å². The number of amides is 1. The number of rotatable bonds is 5. The second-order valence-electron chi connectivity index (χ2n) is 3.29. The van der Waals surface area contributed by atoms with E-state index in [2.05, 4.69) is 15.3 Å². The summed E-state index contributed by atoms with van der Waals surface area (Å²) in [6.07, 6.45) is 3.88. The normalized spacial score (nSPS) is 12.2. The van der Waals surface area contributed by atoms with Gasteiger partial charge in [-0.1, -0.05) is 6.92 Å². The lowest BCUT2D eigenvalue weighted by molar-refractivity contribution is -0.118. The number of nitrogens with zero attached hydrogens (tertiary/aromatic N) is 2. The Kier molecular flexibility index (Phi) is 4.81. The number of aromatic nitrogens is 2. The molecule has 0 radical (unpaired) electrons. The molecule has 1 atom stereocenters. The minimum Gasteiger partial charge on any atom is -0.383 e. The molecule has 0 aliphatic heterocycles. The van der Waals surface area contributed by atoms with E-state index in [0.717, 1.165) is 12.2 Å². The molecule has 3 N–H and O–H groups in total. The molecular weight excluding hydrogens is 208 g/mol. The van der Waals surface area contributed by atoms with E-state index >= 15 is 0 Å². The largest absolute Gasteiger partial charge is 0.383 e. The zero-order chi connectivity index (χ0) is 12.0. The Hall–Kier alpha value is -1.53. The summed E-state index contributed by atoms with van der Waals surface area (Å²) in [5.41, 5.74) is 6.09. The van der Waals surface area contributed by atoms with Crippen molar-refractivity contribution in [2.45, 2.75) is 19.4 Å². The van der Waals surface area contributed by atoms with Crippen molar-refractivity contribution in [1.82, 2.24) is 9.97 Å². The number of nitrogens with one attached hydrogen (secondary N) is 1. The van der Waals surface area contributed by atoms with Crippen molar-refractivity contribution >= 4 is 11.6 Å². The second-order valence-corrected chi connectivity index (χ2v) is 3.29. The van der Waals surface area contributed by atoms with Gasteiger partial charge in [-0.05, 0) is 0 Å². The highest BCUT2D eigenvalue weighted by atomic mass is 16.5. The van der Waals surface area contributed by atoms with E-state index in [0.29, 0.717) is 5.69 Å². The van der Waals surface area contributed by atoms with Crippen molar-refractivity contribution < 1.29 is 9.53 Å². The summed E-state index contributed by atoms with van der Waals surface area (Å²) in [4.78, 5) is 19.6. The Morgan fingerprint density at radius 3 is 2.69 bits per heavy atom. The average Bonchev–Trinajstić information content (AvgIpc) is 2.30. The highest BCUT2D eigenvalue weighted by Crippen LogP contribution is 2.03. The molecule has 1 heterocycles. The van der Waals surface area contributed by atoms with Gasteiger partial charge < -0.3 is 15.8 Å². The fourth-order valence-electron chi connectivity index (χ4n) is 1.09. The SMILES string of the molecule is CCc1ncc(NC(=O)C(N)COC)cn1. The summed E-state index contributed by atoms with van der Waals surface area (Å²) in [7, 11) is 1.49. The van der Waals surface area contributed by atoms with Crippen LogP contribution in [0.2, 0.25) is 0 Å². The van der Waals surface area contributed by atoms with Gasteiger partial charge in [-0.2, -0.15) is 0 Å². The Labute approximate surface area is 94.2 Å². The lowest BCUT2D eigenvalue weighted by atomic mass is 10.3. The first-order valence-corrected chi connectivity index (χ1v) is 5.03. The van der Waals surface area contributed by atoms with Crippen molar-refractivity contribution in [2.75, 3.05) is 19.0 Å². The van der Waals surface area contributed by atoms with Gasteiger partial charge in [-0.25, -0.2) is 9.97 Å². The number of hydrogen-bond donors (Lipinski definition) is 2. The lowest BCUT2D eigenvalue weighted by Crippen LogP contribution is -2.39. The Bertz CT molecular complexity index is 339. The van der Waals surface area contributed by atoms with Crippen LogP contribution in [-0.4, -0.2) is 35.6 Å². The van der Waals surface area contributed by atoms with Crippen molar-refractivity contribution in [3.63, 3.8) is 0 Å². The highest BCUT2D eigenvalue weighted by Gasteiger charge is 2.13. The van der Waals surface area contributed by atoms with E-state index in [4.69, 9.17) is 10.5 Å². The van der Waals surface area contributed by atoms with Gasteiger partial charge in [0.05, 0.1) is 24.7 Å². The average molecular weight is 224 g/mol. The summed E-state index contributed by atoms with van der Waals surface area (Å²) < 4.78 is 4.78. The van der Waals surface area contributed by atoms with Crippen molar-refractivity contribution in [3.8, 4) is 0 Å². The number of carbonyl (C=O) groups is 1. The number of methoxy groups -OCH3 is 1. The molecule has 0 aliphatic rings. The summed E-state index contributed by atoms with van der Waals surface area (Å²) in [6.45, 7) is 2.14. The molecule has 0 bridgehead atoms. The third kappa shape index (κ3) is 3.56. The first-order chi connectivity index (χ1) is 7.67. The standard InChI is InChI=1S/C10H16N4O2/c1-3-9-12-4-7(5-13-9)14-10(15)8(11)6-16-2/h4-5,8H,3,6,11H2,1-2H3,(H,14,15). The summed E-state index contributed by atoms with van der Waals surface area (Å²) in [5, 5.41) is 2.61. The van der Waals surface area contributed by atoms with Gasteiger partial charge in [0, 0.05) is 13.5 Å². The summed E-state index contributed by atoms with van der Waals surface area (Å²) in [5.74, 6) is 0.425. The first-order valence-electron chi connectivity index (χ1n) is 5.03.